The van der Waals surface area contributed by atoms with Crippen molar-refractivity contribution in [3.63, 3.8) is 0 Å². The van der Waals surface area contributed by atoms with Gasteiger partial charge in [0.15, 0.2) is 0 Å². The number of hydrogen-bond acceptors (Lipinski definition) is 4. The Labute approximate surface area is 185 Å². The molecule has 4 rings (SSSR count). The van der Waals surface area contributed by atoms with Gasteiger partial charge >= 0.3 is 0 Å². The molecular weight excluding hydrogens is 402 g/mol. The lowest BCUT2D eigenvalue weighted by Crippen LogP contribution is -2.37. The van der Waals surface area contributed by atoms with E-state index < -0.39 is 0 Å². The lowest BCUT2D eigenvalue weighted by molar-refractivity contribution is -0.133. The lowest BCUT2D eigenvalue weighted by Gasteiger charge is -2.27. The molecule has 166 valence electrons. The van der Waals surface area contributed by atoms with Gasteiger partial charge in [-0.3, -0.25) is 14.5 Å². The van der Waals surface area contributed by atoms with Crippen molar-refractivity contribution >= 4 is 24.2 Å². The molecule has 0 aliphatic carbocycles. The summed E-state index contributed by atoms with van der Waals surface area (Å²) in [6.45, 7) is 4.07. The molecule has 0 spiro atoms. The number of carbonyl (C=O) groups excluding carboxylic acids is 2. The number of ether oxygens (including phenoxy) is 1. The molecule has 6 nitrogen and oxygen atoms in total. The maximum Gasteiger partial charge on any atom is 0.224 e. The van der Waals surface area contributed by atoms with E-state index in [1.165, 1.54) is 5.56 Å². The molecule has 0 saturated carbocycles. The zero-order valence-electron chi connectivity index (χ0n) is 18.1. The van der Waals surface area contributed by atoms with Crippen molar-refractivity contribution in [1.29, 1.82) is 0 Å². The van der Waals surface area contributed by atoms with Gasteiger partial charge in [0.05, 0.1) is 7.11 Å². The van der Waals surface area contributed by atoms with Crippen molar-refractivity contribution in [2.45, 2.75) is 38.1 Å². The number of fused-ring (bicyclic) bond motifs is 1. The zero-order chi connectivity index (χ0) is 20.4. The van der Waals surface area contributed by atoms with Crippen LogP contribution in [0.2, 0.25) is 0 Å². The Bertz CT molecular complexity index is 742. The number of carbonyl (C=O) groups is 2. The number of amides is 2. The van der Waals surface area contributed by atoms with Crippen LogP contribution in [0.25, 0.3) is 0 Å². The molecule has 3 saturated heterocycles. The largest absolute Gasteiger partial charge is 0.497 e. The molecule has 0 radical (unpaired) electrons. The molecule has 7 heteroatoms. The molecule has 1 aromatic rings. The van der Waals surface area contributed by atoms with Crippen LogP contribution in [0.15, 0.2) is 24.3 Å². The van der Waals surface area contributed by atoms with Gasteiger partial charge in [-0.25, -0.2) is 0 Å². The van der Waals surface area contributed by atoms with Gasteiger partial charge in [0, 0.05) is 57.5 Å². The van der Waals surface area contributed by atoms with E-state index in [0.29, 0.717) is 37.3 Å². The smallest absolute Gasteiger partial charge is 0.224 e. The first-order chi connectivity index (χ1) is 14.1. The Morgan fingerprint density at radius 2 is 1.87 bits per heavy atom. The van der Waals surface area contributed by atoms with E-state index in [1.807, 2.05) is 21.9 Å². The first-order valence-electron chi connectivity index (χ1n) is 11.0. The second-order valence-electron chi connectivity index (χ2n) is 8.82. The van der Waals surface area contributed by atoms with Crippen molar-refractivity contribution in [3.8, 4) is 5.75 Å². The number of benzene rings is 1. The monoisotopic (exact) mass is 435 g/mol. The van der Waals surface area contributed by atoms with Gasteiger partial charge in [0.2, 0.25) is 11.8 Å². The fourth-order valence-corrected chi connectivity index (χ4v) is 5.43. The summed E-state index contributed by atoms with van der Waals surface area (Å²) >= 11 is 0. The van der Waals surface area contributed by atoms with Crippen LogP contribution < -0.4 is 4.74 Å². The van der Waals surface area contributed by atoms with Gasteiger partial charge in [-0.15, -0.1) is 12.4 Å². The van der Waals surface area contributed by atoms with Crippen molar-refractivity contribution < 1.29 is 14.3 Å². The molecule has 3 aliphatic heterocycles. The van der Waals surface area contributed by atoms with Gasteiger partial charge in [-0.1, -0.05) is 18.6 Å². The average molecular weight is 436 g/mol. The maximum atomic E-state index is 12.9. The van der Waals surface area contributed by atoms with Crippen molar-refractivity contribution in [2.24, 2.45) is 11.8 Å². The van der Waals surface area contributed by atoms with E-state index >= 15 is 0 Å². The number of rotatable bonds is 5. The summed E-state index contributed by atoms with van der Waals surface area (Å²) in [5, 5.41) is 0. The van der Waals surface area contributed by atoms with Crippen molar-refractivity contribution in [2.75, 3.05) is 46.9 Å². The average Bonchev–Trinajstić information content (AvgIpc) is 3.18. The van der Waals surface area contributed by atoms with Crippen LogP contribution >= 0.6 is 12.4 Å². The highest BCUT2D eigenvalue weighted by Gasteiger charge is 2.47. The Kier molecular flexibility index (Phi) is 7.64. The van der Waals surface area contributed by atoms with E-state index in [-0.39, 0.29) is 24.2 Å². The Balaban J connectivity index is 0.00000256. The third-order valence-electron chi connectivity index (χ3n) is 6.97. The van der Waals surface area contributed by atoms with Gasteiger partial charge in [0.1, 0.15) is 5.75 Å². The summed E-state index contributed by atoms with van der Waals surface area (Å²) in [5.41, 5.74) is 1.30. The van der Waals surface area contributed by atoms with Gasteiger partial charge in [-0.2, -0.15) is 0 Å². The van der Waals surface area contributed by atoms with E-state index in [0.717, 1.165) is 51.2 Å². The molecule has 3 atom stereocenters. The highest BCUT2D eigenvalue weighted by atomic mass is 35.5. The molecule has 3 aliphatic rings. The molecule has 0 aromatic heterocycles. The Morgan fingerprint density at radius 3 is 2.60 bits per heavy atom. The SMILES string of the molecule is COc1ccc([C@H]2[C@@H]3CN(C(=O)CCN4CCCCCC4=O)C[C@@H]3CN2C)cc1.Cl. The predicted octanol–water partition coefficient (Wildman–Crippen LogP) is 2.97. The van der Waals surface area contributed by atoms with E-state index in [4.69, 9.17) is 4.74 Å². The standard InChI is InChI=1S/C23H33N3O3.ClH/c1-24-14-18-15-26(22(28)11-13-25-12-5-3-4-6-21(25)27)16-20(18)23(24)17-7-9-19(29-2)10-8-17;/h7-10,18,20,23H,3-6,11-16H2,1-2H3;1H/t18-,20+,23-;/m0./s1. The summed E-state index contributed by atoms with van der Waals surface area (Å²) in [6.07, 6.45) is 4.25. The second-order valence-corrected chi connectivity index (χ2v) is 8.82. The van der Waals surface area contributed by atoms with Gasteiger partial charge in [0.25, 0.3) is 0 Å². The molecule has 0 N–H and O–H groups in total. The summed E-state index contributed by atoms with van der Waals surface area (Å²) < 4.78 is 5.29. The van der Waals surface area contributed by atoms with Crippen LogP contribution in [0, 0.1) is 11.8 Å². The molecule has 3 heterocycles. The van der Waals surface area contributed by atoms with Crippen molar-refractivity contribution in [3.05, 3.63) is 29.8 Å². The highest BCUT2D eigenvalue weighted by molar-refractivity contribution is 5.85. The topological polar surface area (TPSA) is 53.1 Å². The van der Waals surface area contributed by atoms with Crippen LogP contribution in [-0.4, -0.2) is 73.4 Å². The van der Waals surface area contributed by atoms with Crippen LogP contribution in [-0.2, 0) is 9.59 Å². The molecule has 3 fully saturated rings. The number of likely N-dealkylation sites (tertiary alicyclic amines) is 3. The Hall–Kier alpha value is -1.79. The first kappa shape index (κ1) is 22.9. The molecular formula is C23H34ClN3O3. The third-order valence-corrected chi connectivity index (χ3v) is 6.97. The number of nitrogens with zero attached hydrogens (tertiary/aromatic N) is 3. The summed E-state index contributed by atoms with van der Waals surface area (Å²) in [4.78, 5) is 31.4. The highest BCUT2D eigenvalue weighted by Crippen LogP contribution is 2.44. The zero-order valence-corrected chi connectivity index (χ0v) is 18.9. The fraction of sp³-hybridized carbons (Fsp3) is 0.652. The predicted molar refractivity (Wildman–Crippen MR) is 119 cm³/mol. The van der Waals surface area contributed by atoms with Crippen LogP contribution in [0.3, 0.4) is 0 Å². The lowest BCUT2D eigenvalue weighted by atomic mass is 9.89. The van der Waals surface area contributed by atoms with Gasteiger partial charge < -0.3 is 14.5 Å². The summed E-state index contributed by atoms with van der Waals surface area (Å²) in [6, 6.07) is 8.69. The van der Waals surface area contributed by atoms with Gasteiger partial charge in [-0.05, 0) is 43.5 Å². The normalized spacial score (nSPS) is 26.9. The molecule has 2 amide bonds. The number of halogens is 1. The first-order valence-corrected chi connectivity index (χ1v) is 11.0. The third kappa shape index (κ3) is 4.75. The van der Waals surface area contributed by atoms with Crippen LogP contribution in [0.5, 0.6) is 5.75 Å². The van der Waals surface area contributed by atoms with Crippen molar-refractivity contribution in [1.82, 2.24) is 14.7 Å². The Morgan fingerprint density at radius 1 is 1.10 bits per heavy atom. The molecule has 0 unspecified atom stereocenters. The molecule has 0 bridgehead atoms. The number of methoxy groups -OCH3 is 1. The minimum Gasteiger partial charge on any atom is -0.497 e. The summed E-state index contributed by atoms with van der Waals surface area (Å²) in [5.74, 6) is 2.28. The molecule has 1 aromatic carbocycles. The second kappa shape index (κ2) is 10.0. The molecule has 30 heavy (non-hydrogen) atoms. The van der Waals surface area contributed by atoms with E-state index in [2.05, 4.69) is 24.1 Å². The minimum atomic E-state index is 0. The van der Waals surface area contributed by atoms with E-state index in [1.54, 1.807) is 7.11 Å². The minimum absolute atomic E-state index is 0. The number of hydrogen-bond donors (Lipinski definition) is 0. The summed E-state index contributed by atoms with van der Waals surface area (Å²) in [7, 11) is 3.87. The fourth-order valence-electron chi connectivity index (χ4n) is 5.43. The van der Waals surface area contributed by atoms with E-state index in [9.17, 15) is 9.59 Å². The van der Waals surface area contributed by atoms with Crippen LogP contribution in [0.1, 0.15) is 43.7 Å². The quantitative estimate of drug-likeness (QED) is 0.713. The van der Waals surface area contributed by atoms with Crippen LogP contribution in [0.4, 0.5) is 0 Å². The maximum absolute atomic E-state index is 12.9.